The highest BCUT2D eigenvalue weighted by atomic mass is 35.5. The van der Waals surface area contributed by atoms with Crippen LogP contribution < -0.4 is 10.1 Å². The molecule has 0 saturated heterocycles. The standard InChI is InChI=1S/C25H18ClFN4O/c1-14-2-4-15(5-3-14)23-21-22(30-25-28-13-29-31(23)25)19-12-17(26)8-11-20(19)32-24(21)16-6-9-18(27)10-7-16/h2-13,23-24H,1H3,(H,28,29,30)/t23-,24+/m1/s1. The monoisotopic (exact) mass is 444 g/mol. The Hall–Kier alpha value is -3.64. The van der Waals surface area contributed by atoms with Crippen LogP contribution in [0.15, 0.2) is 78.6 Å². The summed E-state index contributed by atoms with van der Waals surface area (Å²) in [5.41, 5.74) is 5.78. The van der Waals surface area contributed by atoms with Crippen molar-refractivity contribution in [2.24, 2.45) is 0 Å². The lowest BCUT2D eigenvalue weighted by molar-refractivity contribution is 0.223. The number of rotatable bonds is 2. The van der Waals surface area contributed by atoms with Crippen LogP contribution in [0.2, 0.25) is 5.02 Å². The first kappa shape index (κ1) is 19.1. The zero-order valence-corrected chi connectivity index (χ0v) is 17.8. The summed E-state index contributed by atoms with van der Waals surface area (Å²) in [5, 5.41) is 8.56. The number of halogens is 2. The molecule has 3 aromatic carbocycles. The predicted molar refractivity (Wildman–Crippen MR) is 121 cm³/mol. The van der Waals surface area contributed by atoms with Crippen molar-refractivity contribution in [2.45, 2.75) is 19.1 Å². The Bertz CT molecular complexity index is 1360. The van der Waals surface area contributed by atoms with E-state index in [0.29, 0.717) is 16.7 Å². The van der Waals surface area contributed by atoms with Gasteiger partial charge in [0, 0.05) is 16.2 Å². The summed E-state index contributed by atoms with van der Waals surface area (Å²) < 4.78 is 22.1. The second kappa shape index (κ2) is 7.21. The molecule has 0 aliphatic carbocycles. The normalized spacial score (nSPS) is 18.8. The maximum atomic E-state index is 13.7. The zero-order valence-electron chi connectivity index (χ0n) is 17.1. The van der Waals surface area contributed by atoms with Crippen molar-refractivity contribution in [1.29, 1.82) is 0 Å². The minimum absolute atomic E-state index is 0.258. The lowest BCUT2D eigenvalue weighted by Gasteiger charge is -2.39. The van der Waals surface area contributed by atoms with Crippen molar-refractivity contribution in [3.05, 3.63) is 112 Å². The molecular weight excluding hydrogens is 427 g/mol. The van der Waals surface area contributed by atoms with Gasteiger partial charge in [0.2, 0.25) is 5.95 Å². The van der Waals surface area contributed by atoms with Crippen LogP contribution in [0.3, 0.4) is 0 Å². The molecule has 6 rings (SSSR count). The summed E-state index contributed by atoms with van der Waals surface area (Å²) >= 11 is 6.35. The Labute approximate surface area is 189 Å². The van der Waals surface area contributed by atoms with Gasteiger partial charge in [-0.3, -0.25) is 0 Å². The number of nitrogens with zero attached hydrogens (tertiary/aromatic N) is 3. The summed E-state index contributed by atoms with van der Waals surface area (Å²) in [6.45, 7) is 2.06. The van der Waals surface area contributed by atoms with Crippen molar-refractivity contribution >= 4 is 23.2 Å². The van der Waals surface area contributed by atoms with Gasteiger partial charge < -0.3 is 10.1 Å². The number of ether oxygens (including phenoxy) is 1. The number of aromatic nitrogens is 3. The van der Waals surface area contributed by atoms with Crippen molar-refractivity contribution in [1.82, 2.24) is 14.8 Å². The lowest BCUT2D eigenvalue weighted by atomic mass is 9.84. The number of fused-ring (bicyclic) bond motifs is 3. The fraction of sp³-hybridized carbons (Fsp3) is 0.120. The molecule has 7 heteroatoms. The van der Waals surface area contributed by atoms with Gasteiger partial charge in [0.1, 0.15) is 30.0 Å². The van der Waals surface area contributed by atoms with E-state index in [9.17, 15) is 4.39 Å². The van der Waals surface area contributed by atoms with Crippen LogP contribution in [0.1, 0.15) is 34.4 Å². The molecule has 5 nitrogen and oxygen atoms in total. The summed E-state index contributed by atoms with van der Waals surface area (Å²) in [6.07, 6.45) is 1.09. The zero-order chi connectivity index (χ0) is 21.8. The number of benzene rings is 3. The van der Waals surface area contributed by atoms with Crippen LogP contribution in [0.25, 0.3) is 5.70 Å². The molecule has 0 fully saturated rings. The van der Waals surface area contributed by atoms with Gasteiger partial charge in [-0.2, -0.15) is 10.1 Å². The maximum absolute atomic E-state index is 13.7. The lowest BCUT2D eigenvalue weighted by Crippen LogP contribution is -2.32. The predicted octanol–water partition coefficient (Wildman–Crippen LogP) is 5.94. The van der Waals surface area contributed by atoms with Gasteiger partial charge in [0.05, 0.1) is 5.70 Å². The molecular formula is C25H18ClFN4O. The van der Waals surface area contributed by atoms with E-state index in [1.807, 2.05) is 16.8 Å². The minimum atomic E-state index is -0.449. The van der Waals surface area contributed by atoms with Crippen LogP contribution in [0.5, 0.6) is 5.75 Å². The quantitative estimate of drug-likeness (QED) is 0.415. The Morgan fingerprint density at radius 1 is 1.00 bits per heavy atom. The average molecular weight is 445 g/mol. The topological polar surface area (TPSA) is 52.0 Å². The summed E-state index contributed by atoms with van der Waals surface area (Å²) in [7, 11) is 0. The molecule has 3 heterocycles. The second-order valence-electron chi connectivity index (χ2n) is 7.99. The number of hydrogen-bond acceptors (Lipinski definition) is 4. The van der Waals surface area contributed by atoms with Crippen LogP contribution in [0, 0.1) is 12.7 Å². The number of nitrogens with one attached hydrogen (secondary N) is 1. The smallest absolute Gasteiger partial charge is 0.226 e. The highest BCUT2D eigenvalue weighted by Crippen LogP contribution is 2.51. The third-order valence-corrected chi connectivity index (χ3v) is 6.18. The molecule has 1 N–H and O–H groups in total. The number of anilines is 1. The molecule has 0 radical (unpaired) electrons. The Morgan fingerprint density at radius 2 is 1.75 bits per heavy atom. The molecule has 2 aliphatic rings. The number of aryl methyl sites for hydroxylation is 1. The van der Waals surface area contributed by atoms with Crippen molar-refractivity contribution in [2.75, 3.05) is 5.32 Å². The van der Waals surface area contributed by atoms with E-state index < -0.39 is 6.10 Å². The van der Waals surface area contributed by atoms with Crippen LogP contribution >= 0.6 is 11.6 Å². The highest BCUT2D eigenvalue weighted by molar-refractivity contribution is 6.30. The van der Waals surface area contributed by atoms with E-state index in [1.165, 1.54) is 24.0 Å². The Balaban J connectivity index is 1.63. The molecule has 32 heavy (non-hydrogen) atoms. The first-order valence-corrected chi connectivity index (χ1v) is 10.7. The molecule has 1 aromatic heterocycles. The highest BCUT2D eigenvalue weighted by Gasteiger charge is 2.41. The molecule has 0 amide bonds. The van der Waals surface area contributed by atoms with Gasteiger partial charge in [0.25, 0.3) is 0 Å². The van der Waals surface area contributed by atoms with E-state index in [1.54, 1.807) is 18.2 Å². The van der Waals surface area contributed by atoms with Crippen molar-refractivity contribution in [3.8, 4) is 5.75 Å². The Morgan fingerprint density at radius 3 is 2.53 bits per heavy atom. The first-order chi connectivity index (χ1) is 15.6. The van der Waals surface area contributed by atoms with Gasteiger partial charge in [-0.15, -0.1) is 0 Å². The molecule has 0 saturated carbocycles. The fourth-order valence-corrected chi connectivity index (χ4v) is 4.60. The molecule has 2 atom stereocenters. The summed E-state index contributed by atoms with van der Waals surface area (Å²) in [4.78, 5) is 4.43. The van der Waals surface area contributed by atoms with Crippen LogP contribution in [-0.2, 0) is 0 Å². The maximum Gasteiger partial charge on any atom is 0.226 e. The molecule has 0 bridgehead atoms. The van der Waals surface area contributed by atoms with Crippen molar-refractivity contribution in [3.63, 3.8) is 0 Å². The second-order valence-corrected chi connectivity index (χ2v) is 8.42. The number of hydrogen-bond donors (Lipinski definition) is 1. The van der Waals surface area contributed by atoms with Gasteiger partial charge in [-0.05, 0) is 48.4 Å². The SMILES string of the molecule is Cc1ccc([C@@H]2C3=C(Nc4ncnn42)c2cc(Cl)ccc2O[C@H]3c2ccc(F)cc2)cc1. The van der Waals surface area contributed by atoms with E-state index in [2.05, 4.69) is 46.6 Å². The molecule has 0 unspecified atom stereocenters. The van der Waals surface area contributed by atoms with Crippen LogP contribution in [-0.4, -0.2) is 14.8 Å². The van der Waals surface area contributed by atoms with Gasteiger partial charge in [0.15, 0.2) is 0 Å². The largest absolute Gasteiger partial charge is 0.480 e. The summed E-state index contributed by atoms with van der Waals surface area (Å²) in [6, 6.07) is 20.1. The molecule has 2 aliphatic heterocycles. The van der Waals surface area contributed by atoms with Gasteiger partial charge in [-0.1, -0.05) is 53.6 Å². The van der Waals surface area contributed by atoms with Gasteiger partial charge >= 0.3 is 0 Å². The average Bonchev–Trinajstić information content (AvgIpc) is 3.27. The van der Waals surface area contributed by atoms with E-state index in [0.717, 1.165) is 28.0 Å². The van der Waals surface area contributed by atoms with Crippen LogP contribution in [0.4, 0.5) is 10.3 Å². The fourth-order valence-electron chi connectivity index (χ4n) is 4.42. The van der Waals surface area contributed by atoms with E-state index in [4.69, 9.17) is 16.3 Å². The molecule has 4 aromatic rings. The molecule has 158 valence electrons. The third-order valence-electron chi connectivity index (χ3n) is 5.94. The van der Waals surface area contributed by atoms with E-state index >= 15 is 0 Å². The molecule has 0 spiro atoms. The summed E-state index contributed by atoms with van der Waals surface area (Å²) in [5.74, 6) is 1.05. The van der Waals surface area contributed by atoms with Crippen molar-refractivity contribution < 1.29 is 9.13 Å². The minimum Gasteiger partial charge on any atom is -0.480 e. The van der Waals surface area contributed by atoms with Gasteiger partial charge in [-0.25, -0.2) is 9.07 Å². The first-order valence-electron chi connectivity index (χ1n) is 10.3. The third kappa shape index (κ3) is 2.99. The Kier molecular flexibility index (Phi) is 4.30. The van der Waals surface area contributed by atoms with E-state index in [-0.39, 0.29) is 11.9 Å².